The lowest BCUT2D eigenvalue weighted by atomic mass is 9.92. The molecule has 15 heavy (non-hydrogen) atoms. The Morgan fingerprint density at radius 2 is 1.73 bits per heavy atom. The molecule has 79 valence electrons. The summed E-state index contributed by atoms with van der Waals surface area (Å²) in [5, 5.41) is 4.35. The van der Waals surface area contributed by atoms with E-state index in [4.69, 9.17) is 0 Å². The largest absolute Gasteiger partial charge is 0.237 e. The molecule has 0 spiro atoms. The Morgan fingerprint density at radius 3 is 2.40 bits per heavy atom. The van der Waals surface area contributed by atoms with Crippen molar-refractivity contribution in [1.82, 2.24) is 5.32 Å². The van der Waals surface area contributed by atoms with Crippen LogP contribution in [0.4, 0.5) is 0 Å². The molecule has 0 aromatic heterocycles. The molecule has 0 saturated carbocycles. The fraction of sp³-hybridized carbons (Fsp3) is 0.429. The minimum atomic E-state index is 0.891. The topological polar surface area (TPSA) is 14.1 Å². The van der Waals surface area contributed by atoms with Gasteiger partial charge in [-0.1, -0.05) is 18.2 Å². The molecular formula is C14H18N. The first kappa shape index (κ1) is 10.4. The molecule has 1 nitrogen and oxygen atoms in total. The van der Waals surface area contributed by atoms with Crippen LogP contribution in [0.3, 0.4) is 0 Å². The van der Waals surface area contributed by atoms with Gasteiger partial charge in [0, 0.05) is 13.1 Å². The Kier molecular flexibility index (Phi) is 2.92. The Balaban J connectivity index is 2.43. The lowest BCUT2D eigenvalue weighted by Crippen LogP contribution is -2.13. The average Bonchev–Trinajstić information content (AvgIpc) is 2.25. The molecule has 1 aromatic carbocycles. The lowest BCUT2D eigenvalue weighted by Gasteiger charge is -2.16. The number of hydrogen-bond donors (Lipinski definition) is 0. The van der Waals surface area contributed by atoms with E-state index in [-0.39, 0.29) is 0 Å². The fourth-order valence-corrected chi connectivity index (χ4v) is 2.12. The Hall–Kier alpha value is -1.08. The third-order valence-electron chi connectivity index (χ3n) is 3.19. The normalized spacial score (nSPS) is 16.3. The first-order chi connectivity index (χ1) is 7.18. The van der Waals surface area contributed by atoms with Crippen molar-refractivity contribution in [1.29, 1.82) is 0 Å². The summed E-state index contributed by atoms with van der Waals surface area (Å²) >= 11 is 0. The van der Waals surface area contributed by atoms with Crippen molar-refractivity contribution in [2.75, 3.05) is 13.1 Å². The van der Waals surface area contributed by atoms with E-state index >= 15 is 0 Å². The van der Waals surface area contributed by atoms with Crippen LogP contribution in [0.5, 0.6) is 0 Å². The zero-order valence-corrected chi connectivity index (χ0v) is 9.80. The van der Waals surface area contributed by atoms with E-state index in [1.807, 2.05) is 0 Å². The summed E-state index contributed by atoms with van der Waals surface area (Å²) in [6, 6.07) is 4.61. The van der Waals surface area contributed by atoms with Crippen molar-refractivity contribution in [3.63, 3.8) is 0 Å². The van der Waals surface area contributed by atoms with Gasteiger partial charge in [0.2, 0.25) is 0 Å². The second-order valence-corrected chi connectivity index (χ2v) is 4.36. The van der Waals surface area contributed by atoms with Crippen LogP contribution in [0, 0.1) is 20.8 Å². The van der Waals surface area contributed by atoms with Crippen molar-refractivity contribution in [2.45, 2.75) is 27.2 Å². The molecule has 0 aliphatic carbocycles. The van der Waals surface area contributed by atoms with Crippen LogP contribution in [0.15, 0.2) is 18.2 Å². The Labute approximate surface area is 92.2 Å². The minimum absolute atomic E-state index is 0.891. The van der Waals surface area contributed by atoms with Crippen LogP contribution < -0.4 is 5.32 Å². The van der Waals surface area contributed by atoms with Crippen molar-refractivity contribution < 1.29 is 0 Å². The zero-order chi connectivity index (χ0) is 10.8. The molecular weight excluding hydrogens is 182 g/mol. The summed E-state index contributed by atoms with van der Waals surface area (Å²) in [6.07, 6.45) is 3.37. The van der Waals surface area contributed by atoms with E-state index in [2.05, 4.69) is 44.3 Å². The van der Waals surface area contributed by atoms with Crippen molar-refractivity contribution >= 4 is 5.57 Å². The van der Waals surface area contributed by atoms with E-state index in [9.17, 15) is 0 Å². The SMILES string of the molecule is Cc1cc(C)c(C2=CC[N]CC2)cc1C. The number of hydrogen-bond acceptors (Lipinski definition) is 0. The van der Waals surface area contributed by atoms with E-state index in [1.165, 1.54) is 27.8 Å². The molecule has 0 saturated heterocycles. The van der Waals surface area contributed by atoms with Crippen LogP contribution in [0.25, 0.3) is 5.57 Å². The lowest BCUT2D eigenvalue weighted by molar-refractivity contribution is 0.723. The molecule has 2 rings (SSSR count). The minimum Gasteiger partial charge on any atom is -0.237 e. The molecule has 1 aromatic rings. The third-order valence-corrected chi connectivity index (χ3v) is 3.19. The predicted octanol–water partition coefficient (Wildman–Crippen LogP) is 3.00. The highest BCUT2D eigenvalue weighted by atomic mass is 14.8. The van der Waals surface area contributed by atoms with Gasteiger partial charge < -0.3 is 0 Å². The first-order valence-corrected chi connectivity index (χ1v) is 5.59. The summed E-state index contributed by atoms with van der Waals surface area (Å²) < 4.78 is 0. The quantitative estimate of drug-likeness (QED) is 0.661. The number of nitrogens with zero attached hydrogens (tertiary/aromatic N) is 1. The molecule has 0 fully saturated rings. The molecule has 1 heteroatoms. The van der Waals surface area contributed by atoms with Crippen LogP contribution in [0.1, 0.15) is 28.7 Å². The maximum atomic E-state index is 4.35. The third kappa shape index (κ3) is 2.13. The van der Waals surface area contributed by atoms with Gasteiger partial charge in [0.15, 0.2) is 0 Å². The van der Waals surface area contributed by atoms with Gasteiger partial charge in [-0.05, 0) is 55.0 Å². The fourth-order valence-electron chi connectivity index (χ4n) is 2.12. The maximum absolute atomic E-state index is 4.35. The molecule has 1 heterocycles. The molecule has 1 aliphatic rings. The van der Waals surface area contributed by atoms with Gasteiger partial charge in [0.1, 0.15) is 0 Å². The van der Waals surface area contributed by atoms with E-state index in [0.29, 0.717) is 0 Å². The van der Waals surface area contributed by atoms with Gasteiger partial charge in [0.05, 0.1) is 0 Å². The monoisotopic (exact) mass is 200 g/mol. The van der Waals surface area contributed by atoms with Gasteiger partial charge in [0.25, 0.3) is 0 Å². The predicted molar refractivity (Wildman–Crippen MR) is 65.1 cm³/mol. The number of rotatable bonds is 1. The number of benzene rings is 1. The van der Waals surface area contributed by atoms with Crippen molar-refractivity contribution in [3.05, 3.63) is 40.5 Å². The van der Waals surface area contributed by atoms with E-state index in [1.54, 1.807) is 0 Å². The average molecular weight is 200 g/mol. The molecule has 0 N–H and O–H groups in total. The summed E-state index contributed by atoms with van der Waals surface area (Å²) in [6.45, 7) is 8.44. The standard InChI is InChI=1S/C14H18N/c1-10-8-12(3)14(9-11(10)2)13-4-6-15-7-5-13/h4,8-9H,5-7H2,1-3H3. The smallest absolute Gasteiger partial charge is 0.0320 e. The highest BCUT2D eigenvalue weighted by Gasteiger charge is 2.09. The second kappa shape index (κ2) is 4.19. The van der Waals surface area contributed by atoms with Crippen molar-refractivity contribution in [3.8, 4) is 0 Å². The van der Waals surface area contributed by atoms with Gasteiger partial charge in [-0.15, -0.1) is 0 Å². The summed E-state index contributed by atoms with van der Waals surface area (Å²) in [7, 11) is 0. The highest BCUT2D eigenvalue weighted by Crippen LogP contribution is 2.25. The molecule has 1 radical (unpaired) electrons. The Bertz CT molecular complexity index is 402. The summed E-state index contributed by atoms with van der Waals surface area (Å²) in [5.74, 6) is 0. The van der Waals surface area contributed by atoms with Crippen LogP contribution in [-0.4, -0.2) is 13.1 Å². The maximum Gasteiger partial charge on any atom is 0.0320 e. The zero-order valence-electron chi connectivity index (χ0n) is 9.80. The van der Waals surface area contributed by atoms with Gasteiger partial charge in [-0.3, -0.25) is 0 Å². The molecule has 0 atom stereocenters. The second-order valence-electron chi connectivity index (χ2n) is 4.36. The molecule has 0 unspecified atom stereocenters. The summed E-state index contributed by atoms with van der Waals surface area (Å²) in [4.78, 5) is 0. The van der Waals surface area contributed by atoms with Crippen molar-refractivity contribution in [2.24, 2.45) is 0 Å². The van der Waals surface area contributed by atoms with Crippen LogP contribution in [-0.2, 0) is 0 Å². The molecule has 0 bridgehead atoms. The van der Waals surface area contributed by atoms with Gasteiger partial charge in [-0.25, -0.2) is 5.32 Å². The Morgan fingerprint density at radius 1 is 1.00 bits per heavy atom. The van der Waals surface area contributed by atoms with E-state index in [0.717, 1.165) is 19.5 Å². The van der Waals surface area contributed by atoms with Gasteiger partial charge >= 0.3 is 0 Å². The van der Waals surface area contributed by atoms with Crippen LogP contribution >= 0.6 is 0 Å². The van der Waals surface area contributed by atoms with Gasteiger partial charge in [-0.2, -0.15) is 0 Å². The molecule has 1 aliphatic heterocycles. The highest BCUT2D eigenvalue weighted by molar-refractivity contribution is 5.70. The number of aryl methyl sites for hydroxylation is 3. The van der Waals surface area contributed by atoms with E-state index < -0.39 is 0 Å². The molecule has 0 amide bonds. The van der Waals surface area contributed by atoms with Crippen LogP contribution in [0.2, 0.25) is 0 Å². The summed E-state index contributed by atoms with van der Waals surface area (Å²) in [5.41, 5.74) is 7.07. The first-order valence-electron chi connectivity index (χ1n) is 5.59.